The standard InChI is InChI=1S/C19H23N3O3S.ClH/c1-2-26(24,25)22-18-8-4-3-7-16(18)19(23)21-17-9-5-6-13-12-14(20)10-11-15(13)17;/h3-4,7-8,10-12,17,22H,2,5-6,9,20H2,1H3,(H,21,23);1H. The number of carbonyl (C=O) groups excluding carboxylic acids is 1. The highest BCUT2D eigenvalue weighted by atomic mass is 35.5. The monoisotopic (exact) mass is 409 g/mol. The fourth-order valence-corrected chi connectivity index (χ4v) is 3.89. The lowest BCUT2D eigenvalue weighted by atomic mass is 9.87. The zero-order valence-electron chi connectivity index (χ0n) is 15.1. The van der Waals surface area contributed by atoms with Crippen molar-refractivity contribution in [3.63, 3.8) is 0 Å². The van der Waals surface area contributed by atoms with Crippen LogP contribution >= 0.6 is 12.4 Å². The Morgan fingerprint density at radius 1 is 1.22 bits per heavy atom. The molecule has 27 heavy (non-hydrogen) atoms. The number of benzene rings is 2. The molecule has 146 valence electrons. The Morgan fingerprint density at radius 3 is 2.70 bits per heavy atom. The SMILES string of the molecule is CCS(=O)(=O)Nc1ccccc1C(=O)NC1CCCc2cc(N)ccc21.Cl. The minimum atomic E-state index is -3.46. The average molecular weight is 410 g/mol. The van der Waals surface area contributed by atoms with E-state index in [1.807, 2.05) is 18.2 Å². The number of hydrogen-bond acceptors (Lipinski definition) is 4. The second-order valence-corrected chi connectivity index (χ2v) is 8.44. The molecular formula is C19H24ClN3O3S. The van der Waals surface area contributed by atoms with Gasteiger partial charge in [0.15, 0.2) is 0 Å². The summed E-state index contributed by atoms with van der Waals surface area (Å²) in [6.45, 7) is 1.55. The number of amides is 1. The van der Waals surface area contributed by atoms with Gasteiger partial charge in [-0.2, -0.15) is 0 Å². The summed E-state index contributed by atoms with van der Waals surface area (Å²) in [5.41, 5.74) is 9.41. The van der Waals surface area contributed by atoms with Crippen LogP contribution in [-0.2, 0) is 16.4 Å². The molecule has 2 aromatic carbocycles. The summed E-state index contributed by atoms with van der Waals surface area (Å²) in [5, 5.41) is 3.04. The highest BCUT2D eigenvalue weighted by molar-refractivity contribution is 7.92. The van der Waals surface area contributed by atoms with Gasteiger partial charge in [0.25, 0.3) is 5.91 Å². The van der Waals surface area contributed by atoms with Gasteiger partial charge in [0.05, 0.1) is 23.0 Å². The first-order valence-corrected chi connectivity index (χ1v) is 10.3. The fourth-order valence-electron chi connectivity index (χ4n) is 3.23. The van der Waals surface area contributed by atoms with Gasteiger partial charge in [0.2, 0.25) is 10.0 Å². The van der Waals surface area contributed by atoms with E-state index in [0.29, 0.717) is 11.3 Å². The molecule has 0 bridgehead atoms. The van der Waals surface area contributed by atoms with E-state index in [2.05, 4.69) is 10.0 Å². The average Bonchev–Trinajstić information content (AvgIpc) is 2.61. The van der Waals surface area contributed by atoms with E-state index < -0.39 is 10.0 Å². The van der Waals surface area contributed by atoms with Crippen LogP contribution in [0.4, 0.5) is 11.4 Å². The second-order valence-electron chi connectivity index (χ2n) is 6.43. The number of aryl methyl sites for hydroxylation is 1. The predicted octanol–water partition coefficient (Wildman–Crippen LogP) is 3.26. The summed E-state index contributed by atoms with van der Waals surface area (Å²) in [4.78, 5) is 12.8. The molecule has 8 heteroatoms. The smallest absolute Gasteiger partial charge is 0.253 e. The van der Waals surface area contributed by atoms with Crippen LogP contribution in [0.3, 0.4) is 0 Å². The number of sulfonamides is 1. The summed E-state index contributed by atoms with van der Waals surface area (Å²) >= 11 is 0. The third-order valence-electron chi connectivity index (χ3n) is 4.60. The summed E-state index contributed by atoms with van der Waals surface area (Å²) in [6.07, 6.45) is 2.75. The van der Waals surface area contributed by atoms with Crippen LogP contribution in [0.15, 0.2) is 42.5 Å². The number of halogens is 1. The number of rotatable bonds is 5. The lowest BCUT2D eigenvalue weighted by Gasteiger charge is -2.27. The molecule has 1 aliphatic carbocycles. The maximum Gasteiger partial charge on any atom is 0.253 e. The van der Waals surface area contributed by atoms with E-state index in [9.17, 15) is 13.2 Å². The summed E-state index contributed by atoms with van der Waals surface area (Å²) < 4.78 is 26.2. The Balaban J connectivity index is 0.00000261. The number of fused-ring (bicyclic) bond motifs is 1. The largest absolute Gasteiger partial charge is 0.399 e. The van der Waals surface area contributed by atoms with Crippen molar-refractivity contribution in [1.82, 2.24) is 5.32 Å². The van der Waals surface area contributed by atoms with Crippen molar-refractivity contribution < 1.29 is 13.2 Å². The molecule has 1 unspecified atom stereocenters. The maximum absolute atomic E-state index is 12.8. The van der Waals surface area contributed by atoms with E-state index in [0.717, 1.165) is 36.1 Å². The Bertz CT molecular complexity index is 932. The molecule has 0 aliphatic heterocycles. The Morgan fingerprint density at radius 2 is 1.96 bits per heavy atom. The topological polar surface area (TPSA) is 101 Å². The van der Waals surface area contributed by atoms with Gasteiger partial charge in [-0.05, 0) is 61.6 Å². The molecule has 6 nitrogen and oxygen atoms in total. The molecule has 1 atom stereocenters. The normalized spacial score (nSPS) is 16.0. The van der Waals surface area contributed by atoms with Crippen LogP contribution in [0, 0.1) is 0 Å². The zero-order chi connectivity index (χ0) is 18.7. The van der Waals surface area contributed by atoms with E-state index >= 15 is 0 Å². The molecule has 0 saturated carbocycles. The first kappa shape index (κ1) is 21.1. The Kier molecular flexibility index (Phi) is 6.73. The van der Waals surface area contributed by atoms with Gasteiger partial charge in [-0.15, -0.1) is 12.4 Å². The van der Waals surface area contributed by atoms with Gasteiger partial charge in [-0.3, -0.25) is 9.52 Å². The van der Waals surface area contributed by atoms with Crippen molar-refractivity contribution in [2.75, 3.05) is 16.2 Å². The minimum absolute atomic E-state index is 0. The van der Waals surface area contributed by atoms with Gasteiger partial charge >= 0.3 is 0 Å². The van der Waals surface area contributed by atoms with Crippen molar-refractivity contribution >= 4 is 39.7 Å². The summed E-state index contributed by atoms with van der Waals surface area (Å²) in [6, 6.07) is 12.3. The lowest BCUT2D eigenvalue weighted by molar-refractivity contribution is 0.0933. The predicted molar refractivity (Wildman–Crippen MR) is 111 cm³/mol. The van der Waals surface area contributed by atoms with E-state index in [1.54, 1.807) is 31.2 Å². The molecule has 0 radical (unpaired) electrons. The third kappa shape index (κ3) is 4.93. The van der Waals surface area contributed by atoms with E-state index in [-0.39, 0.29) is 30.1 Å². The van der Waals surface area contributed by atoms with Crippen LogP contribution in [0.2, 0.25) is 0 Å². The van der Waals surface area contributed by atoms with Crippen molar-refractivity contribution in [2.24, 2.45) is 0 Å². The van der Waals surface area contributed by atoms with Crippen LogP contribution < -0.4 is 15.8 Å². The molecule has 1 amide bonds. The third-order valence-corrected chi connectivity index (χ3v) is 5.89. The zero-order valence-corrected chi connectivity index (χ0v) is 16.7. The Labute approximate surface area is 166 Å². The van der Waals surface area contributed by atoms with Crippen LogP contribution in [-0.4, -0.2) is 20.1 Å². The summed E-state index contributed by atoms with van der Waals surface area (Å²) in [5.74, 6) is -0.352. The first-order valence-electron chi connectivity index (χ1n) is 8.68. The first-order chi connectivity index (χ1) is 12.4. The molecule has 3 rings (SSSR count). The second kappa shape index (κ2) is 8.63. The van der Waals surface area contributed by atoms with Gasteiger partial charge in [-0.25, -0.2) is 8.42 Å². The number of nitrogens with one attached hydrogen (secondary N) is 2. The van der Waals surface area contributed by atoms with Crippen LogP contribution in [0.5, 0.6) is 0 Å². The number of nitrogens with two attached hydrogens (primary N) is 1. The van der Waals surface area contributed by atoms with E-state index in [1.165, 1.54) is 0 Å². The molecular weight excluding hydrogens is 386 g/mol. The molecule has 0 saturated heterocycles. The number of anilines is 2. The molecule has 0 spiro atoms. The van der Waals surface area contributed by atoms with Crippen LogP contribution in [0.1, 0.15) is 47.3 Å². The maximum atomic E-state index is 12.8. The molecule has 0 fully saturated rings. The highest BCUT2D eigenvalue weighted by Gasteiger charge is 2.24. The quantitative estimate of drug-likeness (QED) is 0.659. The lowest BCUT2D eigenvalue weighted by Crippen LogP contribution is -2.31. The number of carbonyl (C=O) groups is 1. The van der Waals surface area contributed by atoms with Gasteiger partial charge in [0, 0.05) is 5.69 Å². The van der Waals surface area contributed by atoms with Gasteiger partial charge < -0.3 is 11.1 Å². The van der Waals surface area contributed by atoms with Crippen molar-refractivity contribution in [3.05, 3.63) is 59.2 Å². The summed E-state index contributed by atoms with van der Waals surface area (Å²) in [7, 11) is -3.46. The number of para-hydroxylation sites is 1. The molecule has 0 aromatic heterocycles. The fraction of sp³-hybridized carbons (Fsp3) is 0.316. The van der Waals surface area contributed by atoms with Crippen molar-refractivity contribution in [3.8, 4) is 0 Å². The minimum Gasteiger partial charge on any atom is -0.399 e. The van der Waals surface area contributed by atoms with Gasteiger partial charge in [-0.1, -0.05) is 18.2 Å². The van der Waals surface area contributed by atoms with Crippen LogP contribution in [0.25, 0.3) is 0 Å². The van der Waals surface area contributed by atoms with Crippen molar-refractivity contribution in [2.45, 2.75) is 32.2 Å². The molecule has 1 aliphatic rings. The van der Waals surface area contributed by atoms with E-state index in [4.69, 9.17) is 5.73 Å². The molecule has 0 heterocycles. The van der Waals surface area contributed by atoms with Gasteiger partial charge in [0.1, 0.15) is 0 Å². The van der Waals surface area contributed by atoms with Crippen molar-refractivity contribution in [1.29, 1.82) is 0 Å². The Hall–Kier alpha value is -2.25. The number of hydrogen-bond donors (Lipinski definition) is 3. The molecule has 2 aromatic rings. The molecule has 4 N–H and O–H groups in total. The number of nitrogen functional groups attached to an aromatic ring is 1. The highest BCUT2D eigenvalue weighted by Crippen LogP contribution is 2.31.